The Labute approximate surface area is 453 Å². The van der Waals surface area contributed by atoms with Crippen LogP contribution in [0.2, 0.25) is 0 Å². The SMILES string of the molecule is c1ccc(N(c2ccc3c(c2)C2(c4ccccc4-c4ccccc42)c2cc4cc(N(c5ccccc5)c5cc6sc7ccccc7c6c6ccccc56)ccc4cc2-3)c2cc3sc4ccccc4c3c3ccccc23)cc1. The van der Waals surface area contributed by atoms with Gasteiger partial charge in [-0.05, 0) is 151 Å². The molecule has 17 rings (SSSR count). The highest BCUT2D eigenvalue weighted by atomic mass is 32.1. The third-order valence-corrected chi connectivity index (χ3v) is 19.0. The first-order chi connectivity index (χ1) is 38.2. The molecule has 2 heterocycles. The molecule has 2 aliphatic carbocycles. The second-order valence-electron chi connectivity index (χ2n) is 20.7. The molecule has 15 aromatic rings. The summed E-state index contributed by atoms with van der Waals surface area (Å²) in [5.41, 5.74) is 16.7. The van der Waals surface area contributed by atoms with Crippen molar-refractivity contribution in [1.82, 2.24) is 0 Å². The molecule has 2 nitrogen and oxygen atoms in total. The van der Waals surface area contributed by atoms with Crippen LogP contribution in [-0.2, 0) is 5.41 Å². The highest BCUT2D eigenvalue weighted by Crippen LogP contribution is 2.64. The fourth-order valence-corrected chi connectivity index (χ4v) is 16.0. The average molecular weight is 1010 g/mol. The molecule has 2 aliphatic rings. The minimum Gasteiger partial charge on any atom is -0.310 e. The van der Waals surface area contributed by atoms with E-state index >= 15 is 0 Å². The van der Waals surface area contributed by atoms with Crippen LogP contribution in [0.25, 0.3) is 94.9 Å². The number of hydrogen-bond acceptors (Lipinski definition) is 4. The molecule has 358 valence electrons. The lowest BCUT2D eigenvalue weighted by Gasteiger charge is -2.32. The van der Waals surface area contributed by atoms with Gasteiger partial charge < -0.3 is 9.80 Å². The summed E-state index contributed by atoms with van der Waals surface area (Å²) in [6.45, 7) is 0. The van der Waals surface area contributed by atoms with Crippen molar-refractivity contribution in [2.75, 3.05) is 9.80 Å². The minimum atomic E-state index is -0.584. The summed E-state index contributed by atoms with van der Waals surface area (Å²) in [7, 11) is 0. The molecule has 0 aliphatic heterocycles. The lowest BCUT2D eigenvalue weighted by atomic mass is 9.70. The van der Waals surface area contributed by atoms with Crippen LogP contribution in [0.1, 0.15) is 22.3 Å². The molecule has 1 spiro atoms. The van der Waals surface area contributed by atoms with Crippen LogP contribution in [0.5, 0.6) is 0 Å². The van der Waals surface area contributed by atoms with Gasteiger partial charge in [0.1, 0.15) is 0 Å². The standard InChI is InChI=1S/C73H44N2S2/c1-3-19-47(20-4-1)74(65-43-69-71(56-27-9-7-25-54(56)65)58-29-13-17-33-67(58)76-69)49-36-35-45-40-60-53-38-37-50(42-64(53)73(63(60)41-46(45)39-49)61-31-15-11-23-51(61)52-24-12-16-32-62(52)73)75(48-21-5-2-6-22-48)66-44-70-72(57-28-10-8-26-55(57)66)59-30-14-18-34-68(59)77-70/h1-44H. The monoisotopic (exact) mass is 1010 g/mol. The Bertz CT molecular complexity index is 4910. The van der Waals surface area contributed by atoms with Crippen molar-refractivity contribution in [1.29, 1.82) is 0 Å². The van der Waals surface area contributed by atoms with Crippen molar-refractivity contribution in [3.05, 3.63) is 289 Å². The number of para-hydroxylation sites is 2. The van der Waals surface area contributed by atoms with E-state index in [1.807, 2.05) is 22.7 Å². The highest BCUT2D eigenvalue weighted by molar-refractivity contribution is 7.26. The Kier molecular flexibility index (Phi) is 9.12. The summed E-state index contributed by atoms with van der Waals surface area (Å²) < 4.78 is 5.19. The van der Waals surface area contributed by atoms with Crippen LogP contribution in [0, 0.1) is 0 Å². The normalized spacial score (nSPS) is 13.0. The number of thiophene rings is 2. The smallest absolute Gasteiger partial charge is 0.0726 e. The molecular formula is C73H44N2S2. The van der Waals surface area contributed by atoms with Gasteiger partial charge in [0, 0.05) is 73.9 Å². The van der Waals surface area contributed by atoms with Gasteiger partial charge in [-0.25, -0.2) is 0 Å². The van der Waals surface area contributed by atoms with E-state index in [1.165, 1.54) is 129 Å². The van der Waals surface area contributed by atoms with Crippen molar-refractivity contribution >= 4 is 129 Å². The first-order valence-electron chi connectivity index (χ1n) is 26.5. The molecule has 0 saturated heterocycles. The fraction of sp³-hybridized carbons (Fsp3) is 0.0137. The summed E-state index contributed by atoms with van der Waals surface area (Å²) in [6, 6.07) is 100. The van der Waals surface area contributed by atoms with Crippen LogP contribution in [0.3, 0.4) is 0 Å². The minimum absolute atomic E-state index is 0.584. The Morgan fingerprint density at radius 3 is 1.23 bits per heavy atom. The largest absolute Gasteiger partial charge is 0.310 e. The zero-order valence-corrected chi connectivity index (χ0v) is 43.2. The Hall–Kier alpha value is -9.32. The summed E-state index contributed by atoms with van der Waals surface area (Å²) in [6.07, 6.45) is 0. The average Bonchev–Trinajstić information content (AvgIpc) is 4.37. The van der Waals surface area contributed by atoms with E-state index in [-0.39, 0.29) is 0 Å². The van der Waals surface area contributed by atoms with Gasteiger partial charge in [-0.1, -0.05) is 182 Å². The van der Waals surface area contributed by atoms with Crippen molar-refractivity contribution in [3.63, 3.8) is 0 Å². The van der Waals surface area contributed by atoms with E-state index in [9.17, 15) is 0 Å². The topological polar surface area (TPSA) is 6.48 Å². The molecule has 0 amide bonds. The quantitative estimate of drug-likeness (QED) is 0.164. The predicted octanol–water partition coefficient (Wildman–Crippen LogP) is 21.2. The van der Waals surface area contributed by atoms with Gasteiger partial charge in [0.05, 0.1) is 16.8 Å². The third kappa shape index (κ3) is 6.05. The van der Waals surface area contributed by atoms with Gasteiger partial charge in [-0.3, -0.25) is 0 Å². The van der Waals surface area contributed by atoms with Crippen LogP contribution < -0.4 is 9.80 Å². The maximum Gasteiger partial charge on any atom is 0.0726 e. The Morgan fingerprint density at radius 2 is 0.675 bits per heavy atom. The van der Waals surface area contributed by atoms with E-state index in [0.29, 0.717) is 0 Å². The summed E-state index contributed by atoms with van der Waals surface area (Å²) >= 11 is 3.76. The van der Waals surface area contributed by atoms with Gasteiger partial charge in [0.25, 0.3) is 0 Å². The van der Waals surface area contributed by atoms with Crippen molar-refractivity contribution in [2.24, 2.45) is 0 Å². The summed E-state index contributed by atoms with van der Waals surface area (Å²) in [5.74, 6) is 0. The number of benzene rings is 13. The number of hydrogen-bond donors (Lipinski definition) is 0. The Morgan fingerprint density at radius 1 is 0.247 bits per heavy atom. The number of nitrogens with zero attached hydrogens (tertiary/aromatic N) is 2. The molecule has 2 aromatic heterocycles. The summed E-state index contributed by atoms with van der Waals surface area (Å²) in [5, 5.41) is 12.7. The zero-order chi connectivity index (χ0) is 50.3. The molecule has 4 heteroatoms. The highest BCUT2D eigenvalue weighted by Gasteiger charge is 2.52. The van der Waals surface area contributed by atoms with Crippen molar-refractivity contribution in [2.45, 2.75) is 5.41 Å². The van der Waals surface area contributed by atoms with Gasteiger partial charge in [-0.2, -0.15) is 0 Å². The molecule has 77 heavy (non-hydrogen) atoms. The summed E-state index contributed by atoms with van der Waals surface area (Å²) in [4.78, 5) is 4.99. The number of anilines is 6. The number of rotatable bonds is 6. The van der Waals surface area contributed by atoms with Crippen molar-refractivity contribution in [3.8, 4) is 22.3 Å². The molecule has 0 bridgehead atoms. The van der Waals surface area contributed by atoms with E-state index in [4.69, 9.17) is 0 Å². The van der Waals surface area contributed by atoms with E-state index in [2.05, 4.69) is 277 Å². The molecule has 0 N–H and O–H groups in total. The molecular weight excluding hydrogens is 969 g/mol. The maximum atomic E-state index is 2.54. The van der Waals surface area contributed by atoms with E-state index in [1.54, 1.807) is 0 Å². The van der Waals surface area contributed by atoms with Crippen LogP contribution in [-0.4, -0.2) is 0 Å². The number of fused-ring (bicyclic) bond motifs is 21. The molecule has 13 aromatic carbocycles. The lowest BCUT2D eigenvalue weighted by Crippen LogP contribution is -2.26. The fourth-order valence-electron chi connectivity index (χ4n) is 13.7. The van der Waals surface area contributed by atoms with Gasteiger partial charge in [0.2, 0.25) is 0 Å². The van der Waals surface area contributed by atoms with Gasteiger partial charge in [-0.15, -0.1) is 22.7 Å². The first-order valence-corrected chi connectivity index (χ1v) is 28.1. The van der Waals surface area contributed by atoms with Crippen LogP contribution in [0.4, 0.5) is 34.1 Å². The van der Waals surface area contributed by atoms with Crippen LogP contribution in [0.15, 0.2) is 267 Å². The Balaban J connectivity index is 0.907. The third-order valence-electron chi connectivity index (χ3n) is 16.8. The van der Waals surface area contributed by atoms with E-state index in [0.717, 1.165) is 22.7 Å². The second kappa shape index (κ2) is 16.3. The van der Waals surface area contributed by atoms with Crippen molar-refractivity contribution < 1.29 is 0 Å². The zero-order valence-electron chi connectivity index (χ0n) is 41.6. The van der Waals surface area contributed by atoms with Gasteiger partial charge >= 0.3 is 0 Å². The second-order valence-corrected chi connectivity index (χ2v) is 22.8. The van der Waals surface area contributed by atoms with E-state index < -0.39 is 5.41 Å². The molecule has 0 radical (unpaired) electrons. The molecule has 0 atom stereocenters. The lowest BCUT2D eigenvalue weighted by molar-refractivity contribution is 0.795. The molecule has 0 fully saturated rings. The first kappa shape index (κ1) is 43.0. The van der Waals surface area contributed by atoms with Crippen LogP contribution >= 0.6 is 22.7 Å². The maximum absolute atomic E-state index is 2.54. The molecule has 0 unspecified atom stereocenters. The molecule has 0 saturated carbocycles. The van der Waals surface area contributed by atoms with Gasteiger partial charge in [0.15, 0.2) is 0 Å². The predicted molar refractivity (Wildman–Crippen MR) is 330 cm³/mol.